The second kappa shape index (κ2) is 11.5. The number of rotatable bonds is 7. The van der Waals surface area contributed by atoms with Crippen LogP contribution in [0.5, 0.6) is 11.5 Å². The van der Waals surface area contributed by atoms with Crippen LogP contribution in [0.2, 0.25) is 5.02 Å². The van der Waals surface area contributed by atoms with Crippen LogP contribution in [0.1, 0.15) is 24.0 Å². The maximum atomic E-state index is 13.3. The van der Waals surface area contributed by atoms with E-state index in [2.05, 4.69) is 22.2 Å². The number of fused-ring (bicyclic) bond motifs is 2. The molecule has 1 fully saturated rings. The molecule has 3 aromatic carbocycles. The number of hydrogen-bond acceptors (Lipinski definition) is 7. The summed E-state index contributed by atoms with van der Waals surface area (Å²) >= 11 is 6.20. The van der Waals surface area contributed by atoms with E-state index in [-0.39, 0.29) is 18.6 Å². The molecule has 1 saturated heterocycles. The molecule has 1 unspecified atom stereocenters. The maximum absolute atomic E-state index is 13.3. The van der Waals surface area contributed by atoms with Crippen LogP contribution in [0.25, 0.3) is 0 Å². The van der Waals surface area contributed by atoms with Gasteiger partial charge in [0.2, 0.25) is 18.6 Å². The van der Waals surface area contributed by atoms with E-state index in [1.807, 2.05) is 55.5 Å². The van der Waals surface area contributed by atoms with Gasteiger partial charge in [-0.15, -0.1) is 0 Å². The summed E-state index contributed by atoms with van der Waals surface area (Å²) in [7, 11) is 2.10. The molecule has 1 atom stereocenters. The number of ether oxygens (including phenoxy) is 2. The zero-order valence-electron chi connectivity index (χ0n) is 23.1. The highest BCUT2D eigenvalue weighted by Gasteiger charge is 2.36. The third kappa shape index (κ3) is 5.66. The zero-order chi connectivity index (χ0) is 28.5. The molecule has 0 saturated carbocycles. The molecule has 1 N–H and O–H groups in total. The number of amides is 2. The average molecular weight is 574 g/mol. The first-order chi connectivity index (χ1) is 19.9. The number of piperazine rings is 1. The Morgan fingerprint density at radius 3 is 2.54 bits per heavy atom. The van der Waals surface area contributed by atoms with Gasteiger partial charge in [-0.1, -0.05) is 17.7 Å². The fourth-order valence-electron chi connectivity index (χ4n) is 5.49. The Bertz CT molecular complexity index is 1500. The second-order valence-corrected chi connectivity index (χ2v) is 10.9. The Hall–Kier alpha value is -3.92. The van der Waals surface area contributed by atoms with Crippen LogP contribution in [-0.2, 0) is 9.59 Å². The Morgan fingerprint density at radius 1 is 1.02 bits per heavy atom. The normalized spacial score (nSPS) is 18.8. The monoisotopic (exact) mass is 573 g/mol. The zero-order valence-corrected chi connectivity index (χ0v) is 23.9. The molecule has 3 aromatic rings. The predicted molar refractivity (Wildman–Crippen MR) is 160 cm³/mol. The third-order valence-electron chi connectivity index (χ3n) is 7.77. The molecule has 0 radical (unpaired) electrons. The Morgan fingerprint density at radius 2 is 1.78 bits per heavy atom. The van der Waals surface area contributed by atoms with Crippen molar-refractivity contribution in [1.29, 1.82) is 0 Å². The lowest BCUT2D eigenvalue weighted by molar-refractivity contribution is -0.120. The van der Waals surface area contributed by atoms with Crippen LogP contribution < -0.4 is 19.7 Å². The molecule has 6 rings (SSSR count). The number of nitrogens with zero attached hydrogens (tertiary/aromatic N) is 4. The fourth-order valence-corrected chi connectivity index (χ4v) is 5.66. The van der Waals surface area contributed by atoms with E-state index in [0.717, 1.165) is 43.0 Å². The van der Waals surface area contributed by atoms with Crippen molar-refractivity contribution in [2.24, 2.45) is 4.99 Å². The van der Waals surface area contributed by atoms with Crippen molar-refractivity contribution in [2.75, 3.05) is 63.3 Å². The van der Waals surface area contributed by atoms with Gasteiger partial charge >= 0.3 is 0 Å². The first kappa shape index (κ1) is 27.3. The summed E-state index contributed by atoms with van der Waals surface area (Å²) in [5, 5.41) is 3.49. The highest BCUT2D eigenvalue weighted by atomic mass is 35.5. The predicted octanol–water partition coefficient (Wildman–Crippen LogP) is 4.53. The average Bonchev–Trinajstić information content (AvgIpc) is 3.57. The summed E-state index contributed by atoms with van der Waals surface area (Å²) in [5.41, 5.74) is 4.28. The number of aliphatic imine (C=N–C) groups is 1. The van der Waals surface area contributed by atoms with E-state index in [9.17, 15) is 9.59 Å². The molecule has 3 aliphatic heterocycles. The van der Waals surface area contributed by atoms with Crippen molar-refractivity contribution in [3.8, 4) is 11.5 Å². The maximum Gasteiger partial charge on any atom is 0.241 e. The van der Waals surface area contributed by atoms with Gasteiger partial charge < -0.3 is 24.6 Å². The minimum absolute atomic E-state index is 0.0762. The summed E-state index contributed by atoms with van der Waals surface area (Å²) in [6, 6.07) is 18.5. The molecule has 2 amide bonds. The molecule has 41 heavy (non-hydrogen) atoms. The van der Waals surface area contributed by atoms with Gasteiger partial charge in [0.15, 0.2) is 11.5 Å². The topological polar surface area (TPSA) is 86.7 Å². The van der Waals surface area contributed by atoms with E-state index in [1.165, 1.54) is 0 Å². The molecule has 9 nitrogen and oxygen atoms in total. The van der Waals surface area contributed by atoms with Crippen molar-refractivity contribution in [3.05, 3.63) is 76.8 Å². The molecule has 3 heterocycles. The fraction of sp³-hybridized carbons (Fsp3) is 0.323. The van der Waals surface area contributed by atoms with Gasteiger partial charge in [0.05, 0.1) is 17.9 Å². The summed E-state index contributed by atoms with van der Waals surface area (Å²) in [6.45, 7) is 6.81. The summed E-state index contributed by atoms with van der Waals surface area (Å²) < 4.78 is 11.1. The largest absolute Gasteiger partial charge is 0.454 e. The minimum atomic E-state index is -0.639. The van der Waals surface area contributed by atoms with Gasteiger partial charge in [-0.2, -0.15) is 0 Å². The molecule has 3 aliphatic rings. The molecule has 10 heteroatoms. The van der Waals surface area contributed by atoms with Gasteiger partial charge in [0, 0.05) is 54.7 Å². The van der Waals surface area contributed by atoms with E-state index in [0.29, 0.717) is 46.7 Å². The van der Waals surface area contributed by atoms with Crippen LogP contribution in [0.4, 0.5) is 17.1 Å². The molecule has 0 aromatic heterocycles. The third-order valence-corrected chi connectivity index (χ3v) is 8.01. The van der Waals surface area contributed by atoms with Gasteiger partial charge in [0.25, 0.3) is 0 Å². The van der Waals surface area contributed by atoms with E-state index >= 15 is 0 Å². The lowest BCUT2D eigenvalue weighted by Gasteiger charge is -2.33. The van der Waals surface area contributed by atoms with E-state index in [1.54, 1.807) is 17.0 Å². The van der Waals surface area contributed by atoms with Crippen LogP contribution in [-0.4, -0.2) is 80.4 Å². The van der Waals surface area contributed by atoms with Crippen LogP contribution in [0.15, 0.2) is 65.7 Å². The molecule has 0 bridgehead atoms. The Kier molecular flexibility index (Phi) is 7.66. The number of halogens is 1. The highest BCUT2D eigenvalue weighted by molar-refractivity contribution is 6.31. The number of anilines is 2. The van der Waals surface area contributed by atoms with Crippen molar-refractivity contribution in [3.63, 3.8) is 0 Å². The molecule has 0 aliphatic carbocycles. The second-order valence-electron chi connectivity index (χ2n) is 10.5. The van der Waals surface area contributed by atoms with Gasteiger partial charge in [-0.3, -0.25) is 19.5 Å². The Balaban J connectivity index is 1.30. The first-order valence-electron chi connectivity index (χ1n) is 13.8. The molecule has 0 spiro atoms. The van der Waals surface area contributed by atoms with Crippen molar-refractivity contribution in [1.82, 2.24) is 9.80 Å². The molecular weight excluding hydrogens is 542 g/mol. The van der Waals surface area contributed by atoms with Gasteiger partial charge in [0.1, 0.15) is 5.92 Å². The summed E-state index contributed by atoms with van der Waals surface area (Å²) in [4.78, 5) is 37.7. The summed E-state index contributed by atoms with van der Waals surface area (Å²) in [6.07, 6.45) is 0. The first-order valence-corrected chi connectivity index (χ1v) is 14.2. The SMILES string of the molecule is CCN(C(=O)CN1CCN(C)CC1)c1ccc(N=C(c2ccc3c(c2)OCO3)C2C(=O)Nc3cc(Cl)ccc32)cc1. The number of nitrogens with one attached hydrogen (secondary N) is 1. The van der Waals surface area contributed by atoms with E-state index in [4.69, 9.17) is 26.1 Å². The van der Waals surface area contributed by atoms with Crippen LogP contribution in [0, 0.1) is 0 Å². The standard InChI is InChI=1S/C31H32ClN5O4/c1-3-37(28(38)18-36-14-12-35(2)13-15-36)23-8-6-22(7-9-23)33-30(20-4-11-26-27(16-20)41-19-40-26)29-24-10-5-21(32)17-25(24)34-31(29)39/h4-11,16-17,29H,3,12-15,18-19H2,1-2H3,(H,34,39). The van der Waals surface area contributed by atoms with Crippen molar-refractivity contribution < 1.29 is 19.1 Å². The quantitative estimate of drug-likeness (QED) is 0.418. The smallest absolute Gasteiger partial charge is 0.241 e. The van der Waals surface area contributed by atoms with Gasteiger partial charge in [-0.25, -0.2) is 0 Å². The lowest BCUT2D eigenvalue weighted by Crippen LogP contribution is -2.49. The van der Waals surface area contributed by atoms with E-state index < -0.39 is 5.92 Å². The number of hydrogen-bond donors (Lipinski definition) is 1. The summed E-state index contributed by atoms with van der Waals surface area (Å²) in [5.74, 6) is 0.521. The number of benzene rings is 3. The molecule has 212 valence electrons. The van der Waals surface area contributed by atoms with Gasteiger partial charge in [-0.05, 0) is 74.1 Å². The number of carbonyl (C=O) groups excluding carboxylic acids is 2. The highest BCUT2D eigenvalue weighted by Crippen LogP contribution is 2.40. The number of carbonyl (C=O) groups is 2. The lowest BCUT2D eigenvalue weighted by atomic mass is 9.90. The van der Waals surface area contributed by atoms with Crippen molar-refractivity contribution >= 4 is 46.2 Å². The number of likely N-dealkylation sites (N-methyl/N-ethyl adjacent to an activating group) is 2. The Labute approximate surface area is 244 Å². The minimum Gasteiger partial charge on any atom is -0.454 e. The molecular formula is C31H32ClN5O4. The van der Waals surface area contributed by atoms with Crippen LogP contribution >= 0.6 is 11.6 Å². The van der Waals surface area contributed by atoms with Crippen molar-refractivity contribution in [2.45, 2.75) is 12.8 Å². The van der Waals surface area contributed by atoms with Crippen LogP contribution in [0.3, 0.4) is 0 Å².